The molecular weight excluding hydrogens is 631 g/mol. The third-order valence-electron chi connectivity index (χ3n) is 10.2. The van der Waals surface area contributed by atoms with Crippen molar-refractivity contribution < 1.29 is 0 Å². The standard InChI is InChI=1S/C49H33N3/c1-4-14-34(15-5-1)35-26-28-38(29-27-35)52(37-18-8-3-9-19-37)39-30-31-42-43-22-12-24-47-49(43)45(41-21-11-10-20-40(41)44(42)32-39)33-51(47)48-25-13-23-46(50-48)36-16-6-2-7-17-36/h1-33H. The minimum absolute atomic E-state index is 0.903. The second-order valence-electron chi connectivity index (χ2n) is 13.2. The number of hydrogen-bond donors (Lipinski definition) is 0. The van der Waals surface area contributed by atoms with Gasteiger partial charge >= 0.3 is 0 Å². The fraction of sp³-hybridized carbons (Fsp3) is 0. The fourth-order valence-electron chi connectivity index (χ4n) is 7.77. The largest absolute Gasteiger partial charge is 0.310 e. The monoisotopic (exact) mass is 663 g/mol. The van der Waals surface area contributed by atoms with Crippen LogP contribution in [0.5, 0.6) is 0 Å². The number of pyridine rings is 1. The van der Waals surface area contributed by atoms with Crippen molar-refractivity contribution in [2.24, 2.45) is 0 Å². The van der Waals surface area contributed by atoms with Crippen molar-refractivity contribution in [2.75, 3.05) is 4.90 Å². The summed E-state index contributed by atoms with van der Waals surface area (Å²) >= 11 is 0. The smallest absolute Gasteiger partial charge is 0.137 e. The maximum absolute atomic E-state index is 5.15. The Morgan fingerprint density at radius 1 is 0.365 bits per heavy atom. The Morgan fingerprint density at radius 2 is 0.923 bits per heavy atom. The predicted molar refractivity (Wildman–Crippen MR) is 216 cm³/mol. The van der Waals surface area contributed by atoms with Crippen LogP contribution in [0.25, 0.3) is 72.5 Å². The SMILES string of the molecule is c1ccc(-c2ccc(N(c3ccccc3)c3ccc4c(c3)-c3ccccc3-c3cn(-c5cccc(-c6ccccc6)n5)c5cccc-4c35)cc2)cc1. The lowest BCUT2D eigenvalue weighted by molar-refractivity contribution is 1.05. The number of aromatic nitrogens is 2. The Balaban J connectivity index is 1.14. The molecule has 0 amide bonds. The summed E-state index contributed by atoms with van der Waals surface area (Å²) in [6.45, 7) is 0. The van der Waals surface area contributed by atoms with E-state index in [1.165, 1.54) is 49.9 Å². The molecule has 52 heavy (non-hydrogen) atoms. The summed E-state index contributed by atoms with van der Waals surface area (Å²) < 4.78 is 2.26. The topological polar surface area (TPSA) is 21.1 Å². The molecule has 0 saturated heterocycles. The third kappa shape index (κ3) is 5.02. The molecule has 0 spiro atoms. The first-order valence-electron chi connectivity index (χ1n) is 17.7. The highest BCUT2D eigenvalue weighted by atomic mass is 15.1. The van der Waals surface area contributed by atoms with Crippen LogP contribution >= 0.6 is 0 Å². The molecule has 0 saturated carbocycles. The van der Waals surface area contributed by atoms with E-state index in [-0.39, 0.29) is 0 Å². The molecule has 0 unspecified atom stereocenters. The highest BCUT2D eigenvalue weighted by Crippen LogP contribution is 2.50. The van der Waals surface area contributed by atoms with Gasteiger partial charge in [-0.15, -0.1) is 0 Å². The van der Waals surface area contributed by atoms with Crippen molar-refractivity contribution in [2.45, 2.75) is 0 Å². The van der Waals surface area contributed by atoms with E-state index < -0.39 is 0 Å². The molecule has 0 aliphatic heterocycles. The number of rotatable bonds is 6. The van der Waals surface area contributed by atoms with Crippen molar-refractivity contribution >= 4 is 28.0 Å². The summed E-state index contributed by atoms with van der Waals surface area (Å²) in [5.41, 5.74) is 16.2. The van der Waals surface area contributed by atoms with Gasteiger partial charge in [0.15, 0.2) is 0 Å². The molecule has 0 N–H and O–H groups in total. The molecule has 0 radical (unpaired) electrons. The highest BCUT2D eigenvalue weighted by molar-refractivity contribution is 6.14. The zero-order valence-electron chi connectivity index (χ0n) is 28.4. The zero-order valence-corrected chi connectivity index (χ0v) is 28.4. The van der Waals surface area contributed by atoms with E-state index in [1.54, 1.807) is 0 Å². The Kier molecular flexibility index (Phi) is 7.14. The molecule has 244 valence electrons. The van der Waals surface area contributed by atoms with Crippen LogP contribution in [0.4, 0.5) is 17.1 Å². The van der Waals surface area contributed by atoms with Gasteiger partial charge in [0, 0.05) is 39.8 Å². The summed E-state index contributed by atoms with van der Waals surface area (Å²) in [6, 6.07) is 69.2. The van der Waals surface area contributed by atoms with Gasteiger partial charge in [0.25, 0.3) is 0 Å². The van der Waals surface area contributed by atoms with Crippen molar-refractivity contribution in [3.05, 3.63) is 200 Å². The van der Waals surface area contributed by atoms with Gasteiger partial charge in [0.1, 0.15) is 5.82 Å². The van der Waals surface area contributed by atoms with Crippen LogP contribution in [0.1, 0.15) is 0 Å². The second-order valence-corrected chi connectivity index (χ2v) is 13.2. The minimum atomic E-state index is 0.903. The summed E-state index contributed by atoms with van der Waals surface area (Å²) in [4.78, 5) is 7.51. The Bertz CT molecular complexity index is 2710. The summed E-state index contributed by atoms with van der Waals surface area (Å²) in [5, 5.41) is 1.24. The van der Waals surface area contributed by atoms with Crippen LogP contribution < -0.4 is 4.90 Å². The lowest BCUT2D eigenvalue weighted by atomic mass is 9.93. The first-order chi connectivity index (χ1) is 25.8. The maximum atomic E-state index is 5.15. The van der Waals surface area contributed by atoms with Crippen molar-refractivity contribution in [3.8, 4) is 61.6 Å². The number of benzene rings is 7. The van der Waals surface area contributed by atoms with Gasteiger partial charge in [0.05, 0.1) is 11.2 Å². The van der Waals surface area contributed by atoms with Gasteiger partial charge in [-0.25, -0.2) is 4.98 Å². The molecule has 0 fully saturated rings. The molecular formula is C49H33N3. The van der Waals surface area contributed by atoms with Crippen LogP contribution in [0.2, 0.25) is 0 Å². The summed E-state index contributed by atoms with van der Waals surface area (Å²) in [6.07, 6.45) is 2.28. The fourth-order valence-corrected chi connectivity index (χ4v) is 7.77. The normalized spacial score (nSPS) is 11.5. The first kappa shape index (κ1) is 29.9. The summed E-state index contributed by atoms with van der Waals surface area (Å²) in [5.74, 6) is 0.903. The van der Waals surface area contributed by atoms with E-state index in [9.17, 15) is 0 Å². The minimum Gasteiger partial charge on any atom is -0.310 e. The van der Waals surface area contributed by atoms with Crippen molar-refractivity contribution in [1.82, 2.24) is 9.55 Å². The van der Waals surface area contributed by atoms with Crippen LogP contribution in [-0.4, -0.2) is 9.55 Å². The summed E-state index contributed by atoms with van der Waals surface area (Å²) in [7, 11) is 0. The van der Waals surface area contributed by atoms with Crippen LogP contribution in [0.15, 0.2) is 200 Å². The molecule has 0 atom stereocenters. The molecule has 10 rings (SSSR count). The predicted octanol–water partition coefficient (Wildman–Crippen LogP) is 13.1. The molecule has 3 heteroatoms. The second kappa shape index (κ2) is 12.4. The number of nitrogens with zero attached hydrogens (tertiary/aromatic N) is 3. The van der Waals surface area contributed by atoms with E-state index in [0.29, 0.717) is 0 Å². The lowest BCUT2D eigenvalue weighted by Crippen LogP contribution is -2.10. The van der Waals surface area contributed by atoms with Crippen molar-refractivity contribution in [3.63, 3.8) is 0 Å². The lowest BCUT2D eigenvalue weighted by Gasteiger charge is -2.27. The maximum Gasteiger partial charge on any atom is 0.137 e. The molecule has 7 aromatic carbocycles. The number of fused-ring (bicyclic) bond motifs is 5. The van der Waals surface area contributed by atoms with Gasteiger partial charge in [-0.2, -0.15) is 0 Å². The molecule has 3 nitrogen and oxygen atoms in total. The zero-order chi connectivity index (χ0) is 34.4. The van der Waals surface area contributed by atoms with Crippen LogP contribution in [-0.2, 0) is 0 Å². The van der Waals surface area contributed by atoms with E-state index in [0.717, 1.165) is 39.7 Å². The third-order valence-corrected chi connectivity index (χ3v) is 10.2. The van der Waals surface area contributed by atoms with Gasteiger partial charge in [-0.05, 0) is 93.5 Å². The molecule has 1 aliphatic carbocycles. The van der Waals surface area contributed by atoms with E-state index >= 15 is 0 Å². The Labute approximate surface area is 303 Å². The Morgan fingerprint density at radius 3 is 1.67 bits per heavy atom. The molecule has 9 aromatic rings. The van der Waals surface area contributed by atoms with Crippen LogP contribution in [0, 0.1) is 0 Å². The molecule has 0 bridgehead atoms. The van der Waals surface area contributed by atoms with Crippen LogP contribution in [0.3, 0.4) is 0 Å². The Hall–Kier alpha value is -6.97. The highest BCUT2D eigenvalue weighted by Gasteiger charge is 2.25. The quantitative estimate of drug-likeness (QED) is 0.177. The van der Waals surface area contributed by atoms with E-state index in [1.807, 2.05) is 6.07 Å². The van der Waals surface area contributed by atoms with Gasteiger partial charge in [-0.1, -0.05) is 140 Å². The van der Waals surface area contributed by atoms with Gasteiger partial charge in [0.2, 0.25) is 0 Å². The van der Waals surface area contributed by atoms with E-state index in [2.05, 4.69) is 204 Å². The van der Waals surface area contributed by atoms with Crippen molar-refractivity contribution in [1.29, 1.82) is 0 Å². The van der Waals surface area contributed by atoms with E-state index in [4.69, 9.17) is 4.98 Å². The van der Waals surface area contributed by atoms with Gasteiger partial charge in [-0.3, -0.25) is 0 Å². The average Bonchev–Trinajstić information content (AvgIpc) is 3.57. The molecule has 2 heterocycles. The number of hydrogen-bond acceptors (Lipinski definition) is 2. The first-order valence-corrected chi connectivity index (χ1v) is 17.7. The average molecular weight is 664 g/mol. The number of anilines is 3. The molecule has 2 aromatic heterocycles. The molecule has 1 aliphatic rings. The van der Waals surface area contributed by atoms with Gasteiger partial charge < -0.3 is 9.47 Å². The number of para-hydroxylation sites is 1.